The van der Waals surface area contributed by atoms with Gasteiger partial charge in [-0.15, -0.1) is 0 Å². The van der Waals surface area contributed by atoms with Gasteiger partial charge in [-0.1, -0.05) is 67.2 Å². The van der Waals surface area contributed by atoms with E-state index in [1.54, 1.807) is 0 Å². The molecular weight excluding hydrogens is 342 g/mol. The lowest BCUT2D eigenvalue weighted by atomic mass is 10.4. The van der Waals surface area contributed by atoms with Crippen LogP contribution >= 0.6 is 13.4 Å². The van der Waals surface area contributed by atoms with Gasteiger partial charge in [0, 0.05) is 0 Å². The average molecular weight is 374 g/mol. The Morgan fingerprint density at radius 1 is 0.550 bits per heavy atom. The zero-order chi connectivity index (χ0) is 17.8. The summed E-state index contributed by atoms with van der Waals surface area (Å²) in [6.07, 6.45) is 5.28. The molecule has 6 N–H and O–H groups in total. The van der Waals surface area contributed by atoms with Crippen LogP contribution in [0.5, 0.6) is 0 Å². The fraction of sp³-hybridized carbons (Fsp3) is 1.00. The molecule has 0 saturated carbocycles. The molecule has 0 atom stereocenters. The number of hydrogen-bond donors (Lipinski definition) is 6. The third kappa shape index (κ3) is 664. The van der Waals surface area contributed by atoms with Crippen LogP contribution in [0.4, 0.5) is 0 Å². The largest absolute Gasteiger partial charge is 0.325 e. The maximum atomic E-state index is 7.56. The Hall–Kier alpha value is 1.06. The number of unbranched alkanes of at least 4 members (excludes halogenated alkanes) is 2. The fourth-order valence-corrected chi connectivity index (χ4v) is 0. The van der Waals surface area contributed by atoms with Crippen molar-refractivity contribution in [3.63, 3.8) is 0 Å². The fourth-order valence-electron chi connectivity index (χ4n) is 0. The highest BCUT2D eigenvalue weighted by molar-refractivity contribution is 8.06. The van der Waals surface area contributed by atoms with Crippen LogP contribution in [-0.2, 0) is 23.6 Å². The molecule has 0 aliphatic carbocycles. The summed E-state index contributed by atoms with van der Waals surface area (Å²) in [5, 5.41) is 0. The first-order valence-corrected chi connectivity index (χ1v) is 11.7. The molecule has 0 radical (unpaired) electrons. The van der Waals surface area contributed by atoms with Crippen molar-refractivity contribution in [3.8, 4) is 0 Å². The van der Waals surface area contributed by atoms with Gasteiger partial charge in [-0.05, 0) is 23.6 Å². The average Bonchev–Trinajstić information content (AvgIpc) is 2.27. The summed E-state index contributed by atoms with van der Waals surface area (Å²) in [7, 11) is 0. The van der Waals surface area contributed by atoms with Crippen LogP contribution in [0.15, 0.2) is 0 Å². The monoisotopic (exact) mass is 374 g/mol. The van der Waals surface area contributed by atoms with E-state index < -0.39 is 13.4 Å². The lowest BCUT2D eigenvalue weighted by molar-refractivity contribution is 0.361. The molecule has 10 heteroatoms. The molecule has 0 aliphatic heterocycles. The molecule has 6 nitrogen and oxygen atoms in total. The Bertz CT molecular complexity index is 185. The summed E-state index contributed by atoms with van der Waals surface area (Å²) in [6, 6.07) is 0. The third-order valence-electron chi connectivity index (χ3n) is 1.000. The summed E-state index contributed by atoms with van der Waals surface area (Å²) in [6.45, 7) is 5.11. The highest BCUT2D eigenvalue weighted by atomic mass is 32.5. The minimum absolute atomic E-state index is 1.32. The first kappa shape index (κ1) is 32.9. The highest BCUT2D eigenvalue weighted by Crippen LogP contribution is 2.26. The second-order valence-electron chi connectivity index (χ2n) is 3.03. The van der Waals surface area contributed by atoms with Crippen LogP contribution in [-0.4, -0.2) is 29.4 Å². The van der Waals surface area contributed by atoms with Gasteiger partial charge >= 0.3 is 13.4 Å². The molecule has 0 aliphatic rings. The van der Waals surface area contributed by atoms with E-state index in [1.165, 1.54) is 25.7 Å². The summed E-state index contributed by atoms with van der Waals surface area (Å²) < 4.78 is 0. The molecule has 0 unspecified atom stereocenters. The minimum Gasteiger partial charge on any atom is -0.325 e. The van der Waals surface area contributed by atoms with Crippen LogP contribution in [0.2, 0.25) is 0 Å². The summed E-state index contributed by atoms with van der Waals surface area (Å²) in [4.78, 5) is 45.3. The second kappa shape index (κ2) is 25.0. The predicted molar refractivity (Wildman–Crippen MR) is 94.4 cm³/mol. The molecule has 0 rings (SSSR count). The Morgan fingerprint density at radius 2 is 0.600 bits per heavy atom. The maximum absolute atomic E-state index is 7.56. The SMILES string of the molecule is CC.CCCC.CCCC.OP(O)(O)=S.OP(O)(O)=S. The van der Waals surface area contributed by atoms with Gasteiger partial charge in [-0.25, -0.2) is 0 Å². The Labute approximate surface area is 134 Å². The van der Waals surface area contributed by atoms with Crippen molar-refractivity contribution in [1.82, 2.24) is 0 Å². The smallest absolute Gasteiger partial charge is 0.319 e. The van der Waals surface area contributed by atoms with Gasteiger partial charge in [0.15, 0.2) is 0 Å². The van der Waals surface area contributed by atoms with Crippen LogP contribution in [0, 0.1) is 0 Å². The molecule has 0 aromatic carbocycles. The van der Waals surface area contributed by atoms with Crippen LogP contribution in [0.1, 0.15) is 67.2 Å². The van der Waals surface area contributed by atoms with Crippen molar-refractivity contribution in [2.75, 3.05) is 0 Å². The third-order valence-corrected chi connectivity index (χ3v) is 1.000. The first-order chi connectivity index (χ1) is 8.83. The molecule has 0 aromatic rings. The first-order valence-electron chi connectivity index (χ1n) is 6.39. The van der Waals surface area contributed by atoms with Gasteiger partial charge < -0.3 is 29.4 Å². The zero-order valence-corrected chi connectivity index (χ0v) is 16.6. The second-order valence-corrected chi connectivity index (χ2v) is 8.02. The van der Waals surface area contributed by atoms with Gasteiger partial charge in [0.1, 0.15) is 0 Å². The van der Waals surface area contributed by atoms with Gasteiger partial charge in [-0.3, -0.25) is 0 Å². The standard InChI is InChI=1S/2C4H10.C2H6.2H3O3PS/c2*1-3-4-2;1-2;2*1-4(2,3)5/h2*3-4H2,1-2H3;1-2H3;2*(H3,1,2,3,5). The van der Waals surface area contributed by atoms with E-state index in [9.17, 15) is 0 Å². The maximum Gasteiger partial charge on any atom is 0.319 e. The number of rotatable bonds is 2. The van der Waals surface area contributed by atoms with Crippen molar-refractivity contribution in [2.24, 2.45) is 0 Å². The lowest BCUT2D eigenvalue weighted by Crippen LogP contribution is -1.65. The van der Waals surface area contributed by atoms with Crippen molar-refractivity contribution in [1.29, 1.82) is 0 Å². The molecule has 0 saturated heterocycles. The van der Waals surface area contributed by atoms with Crippen LogP contribution in [0.25, 0.3) is 0 Å². The van der Waals surface area contributed by atoms with Crippen LogP contribution < -0.4 is 0 Å². The van der Waals surface area contributed by atoms with E-state index in [2.05, 4.69) is 51.3 Å². The van der Waals surface area contributed by atoms with Crippen LogP contribution in [0.3, 0.4) is 0 Å². The van der Waals surface area contributed by atoms with Gasteiger partial charge in [-0.2, -0.15) is 0 Å². The quantitative estimate of drug-likeness (QED) is 0.408. The van der Waals surface area contributed by atoms with E-state index in [1.807, 2.05) is 13.8 Å². The molecule has 0 bridgehead atoms. The van der Waals surface area contributed by atoms with E-state index >= 15 is 0 Å². The van der Waals surface area contributed by atoms with E-state index in [0.717, 1.165) is 0 Å². The molecule has 0 heterocycles. The number of hydrogen-bond acceptors (Lipinski definition) is 2. The van der Waals surface area contributed by atoms with Crippen molar-refractivity contribution in [2.45, 2.75) is 67.2 Å². The summed E-state index contributed by atoms with van der Waals surface area (Å²) in [5.41, 5.74) is 0. The van der Waals surface area contributed by atoms with Gasteiger partial charge in [0.25, 0.3) is 0 Å². The lowest BCUT2D eigenvalue weighted by Gasteiger charge is -1.88. The molecule has 0 spiro atoms. The van der Waals surface area contributed by atoms with Crippen molar-refractivity contribution < 1.29 is 29.4 Å². The van der Waals surface area contributed by atoms with E-state index in [4.69, 9.17) is 29.4 Å². The van der Waals surface area contributed by atoms with Gasteiger partial charge in [0.2, 0.25) is 0 Å². The Kier molecular flexibility index (Phi) is 41.1. The normalized spacial score (nSPS) is 9.20. The summed E-state index contributed by atoms with van der Waals surface area (Å²) in [5.74, 6) is 0. The topological polar surface area (TPSA) is 121 Å². The molecular formula is C10H32O6P2S2. The van der Waals surface area contributed by atoms with Crippen molar-refractivity contribution >= 4 is 37.1 Å². The Balaban J connectivity index is -0.0000000482. The van der Waals surface area contributed by atoms with E-state index in [0.29, 0.717) is 0 Å². The van der Waals surface area contributed by atoms with Crippen molar-refractivity contribution in [3.05, 3.63) is 0 Å². The molecule has 0 amide bonds. The minimum atomic E-state index is -3.81. The molecule has 130 valence electrons. The zero-order valence-electron chi connectivity index (χ0n) is 13.2. The predicted octanol–water partition coefficient (Wildman–Crippen LogP) is 3.01. The Morgan fingerprint density at radius 3 is 0.600 bits per heavy atom. The summed E-state index contributed by atoms with van der Waals surface area (Å²) >= 11 is 7.21. The highest BCUT2D eigenvalue weighted by Gasteiger charge is 1.92. The molecule has 20 heavy (non-hydrogen) atoms. The molecule has 0 fully saturated rings. The van der Waals surface area contributed by atoms with E-state index in [-0.39, 0.29) is 0 Å². The molecule has 0 aromatic heterocycles. The van der Waals surface area contributed by atoms with Gasteiger partial charge in [0.05, 0.1) is 0 Å².